The van der Waals surface area contributed by atoms with E-state index in [9.17, 15) is 25.1 Å². The summed E-state index contributed by atoms with van der Waals surface area (Å²) in [6.07, 6.45) is 3.77. The Bertz CT molecular complexity index is 2670. The van der Waals surface area contributed by atoms with Crippen LogP contribution in [0.2, 0.25) is 0 Å². The molecule has 2 N–H and O–H groups in total. The number of carbonyl (C=O) groups is 3. The molecule has 2 saturated heterocycles. The number of amides is 1. The fourth-order valence-corrected chi connectivity index (χ4v) is 13.0. The van der Waals surface area contributed by atoms with E-state index in [1.54, 1.807) is 36.1 Å². The van der Waals surface area contributed by atoms with Crippen LogP contribution in [-0.2, 0) is 32.7 Å². The number of pyridine rings is 1. The zero-order valence-corrected chi connectivity index (χ0v) is 36.3. The number of nitrogens with zero attached hydrogens (tertiary/aromatic N) is 5. The number of likely N-dealkylation sites (N-methyl/N-ethyl adjacent to an activating group) is 1. The number of phenolic OH excluding ortho intramolecular Hbond substituents is 2. The lowest BCUT2D eigenvalue weighted by molar-refractivity contribution is -0.162. The second-order valence-electron chi connectivity index (χ2n) is 16.8. The van der Waals surface area contributed by atoms with Gasteiger partial charge in [-0.2, -0.15) is 5.26 Å². The third-order valence-electron chi connectivity index (χ3n) is 13.8. The van der Waals surface area contributed by atoms with Crippen LogP contribution in [0.15, 0.2) is 42.7 Å². The highest BCUT2D eigenvalue weighted by molar-refractivity contribution is 7.99. The molecule has 1 spiro atoms. The van der Waals surface area contributed by atoms with Crippen molar-refractivity contribution < 1.29 is 53.0 Å². The third-order valence-corrected chi connectivity index (χ3v) is 15.3. The van der Waals surface area contributed by atoms with Gasteiger partial charge in [0.15, 0.2) is 40.0 Å². The highest BCUT2D eigenvalue weighted by Crippen LogP contribution is 2.65. The maximum Gasteiger partial charge on any atom is 0.337 e. The molecule has 17 heteroatoms. The lowest BCUT2D eigenvalue weighted by Crippen LogP contribution is -2.69. The average molecular weight is 876 g/mol. The lowest BCUT2D eigenvalue weighted by Gasteiger charge is -2.62. The van der Waals surface area contributed by atoms with Gasteiger partial charge in [0.25, 0.3) is 5.91 Å². The normalized spacial score (nSPS) is 26.7. The minimum atomic E-state index is -1.81. The van der Waals surface area contributed by atoms with Gasteiger partial charge in [-0.05, 0) is 80.3 Å². The number of piperazine rings is 1. The van der Waals surface area contributed by atoms with Gasteiger partial charge in [0.1, 0.15) is 18.4 Å². The minimum absolute atomic E-state index is 0.0106. The molecule has 7 atom stereocenters. The van der Waals surface area contributed by atoms with Crippen molar-refractivity contribution in [3.63, 3.8) is 0 Å². The van der Waals surface area contributed by atoms with Crippen molar-refractivity contribution >= 4 is 29.6 Å². The topological polar surface area (TPSA) is 193 Å². The van der Waals surface area contributed by atoms with E-state index in [4.69, 9.17) is 28.4 Å². The van der Waals surface area contributed by atoms with Gasteiger partial charge < -0.3 is 43.5 Å². The number of phenols is 2. The Morgan fingerprint density at radius 3 is 2.48 bits per heavy atom. The molecule has 0 saturated carbocycles. The number of methoxy groups -OCH3 is 2. The van der Waals surface area contributed by atoms with E-state index in [-0.39, 0.29) is 54.7 Å². The molecule has 8 heterocycles. The molecular formula is C46H45N5O11S. The number of benzene rings is 3. The minimum Gasteiger partial charge on any atom is -0.504 e. The number of thioether (sulfide) groups is 1. The number of aryl methyl sites for hydroxylation is 1. The van der Waals surface area contributed by atoms with Crippen LogP contribution in [0.5, 0.6) is 40.2 Å². The number of aromatic nitrogens is 1. The Morgan fingerprint density at radius 2 is 1.76 bits per heavy atom. The zero-order valence-electron chi connectivity index (χ0n) is 35.5. The Kier molecular flexibility index (Phi) is 9.69. The summed E-state index contributed by atoms with van der Waals surface area (Å²) >= 11 is 1.35. The molecule has 0 aliphatic carbocycles. The van der Waals surface area contributed by atoms with E-state index in [0.29, 0.717) is 69.0 Å². The summed E-state index contributed by atoms with van der Waals surface area (Å²) in [5, 5.41) is 33.8. The molecular weight excluding hydrogens is 831 g/mol. The molecule has 7 aliphatic rings. The summed E-state index contributed by atoms with van der Waals surface area (Å²) in [5.74, 6) is -0.488. The fraction of sp³-hybridized carbons (Fsp3) is 0.413. The van der Waals surface area contributed by atoms with Crippen LogP contribution >= 0.6 is 11.8 Å². The van der Waals surface area contributed by atoms with Crippen LogP contribution < -0.4 is 23.7 Å². The Balaban J connectivity index is 1.27. The molecule has 4 aromatic rings. The predicted molar refractivity (Wildman–Crippen MR) is 225 cm³/mol. The number of esters is 2. The fourth-order valence-electron chi connectivity index (χ4n) is 11.2. The molecule has 326 valence electrons. The van der Waals surface area contributed by atoms with Crippen molar-refractivity contribution in [1.29, 1.82) is 5.26 Å². The van der Waals surface area contributed by atoms with E-state index in [2.05, 4.69) is 20.9 Å². The number of nitriles is 1. The number of ether oxygens (including phenoxy) is 6. The second kappa shape index (κ2) is 15.0. The van der Waals surface area contributed by atoms with Gasteiger partial charge >= 0.3 is 11.9 Å². The predicted octanol–water partition coefficient (Wildman–Crippen LogP) is 4.93. The van der Waals surface area contributed by atoms with Crippen molar-refractivity contribution in [3.8, 4) is 46.3 Å². The maximum absolute atomic E-state index is 15.6. The molecule has 0 radical (unpaired) electrons. The third kappa shape index (κ3) is 5.73. The largest absolute Gasteiger partial charge is 0.504 e. The van der Waals surface area contributed by atoms with Crippen molar-refractivity contribution in [2.45, 2.75) is 74.6 Å². The van der Waals surface area contributed by atoms with Crippen LogP contribution in [0.25, 0.3) is 0 Å². The van der Waals surface area contributed by atoms with Crippen molar-refractivity contribution in [1.82, 2.24) is 19.7 Å². The summed E-state index contributed by atoms with van der Waals surface area (Å²) in [5.41, 5.74) is 3.52. The van der Waals surface area contributed by atoms with Crippen LogP contribution in [0.3, 0.4) is 0 Å². The first-order chi connectivity index (χ1) is 30.4. The number of carbonyl (C=O) groups excluding carboxylic acids is 3. The molecule has 1 aromatic heterocycles. The molecule has 11 rings (SSSR count). The number of hydrogen-bond acceptors (Lipinski definition) is 16. The molecule has 0 unspecified atom stereocenters. The maximum atomic E-state index is 15.6. The number of aromatic hydroxyl groups is 2. The van der Waals surface area contributed by atoms with Gasteiger partial charge in [0, 0.05) is 71.5 Å². The summed E-state index contributed by atoms with van der Waals surface area (Å²) in [7, 11) is 4.88. The summed E-state index contributed by atoms with van der Waals surface area (Å²) in [4.78, 5) is 53.5. The molecule has 7 aliphatic heterocycles. The van der Waals surface area contributed by atoms with Crippen molar-refractivity contribution in [3.05, 3.63) is 92.8 Å². The molecule has 4 bridgehead atoms. The number of hydrogen-bond donors (Lipinski definition) is 2. The van der Waals surface area contributed by atoms with Gasteiger partial charge in [-0.25, -0.2) is 4.79 Å². The first-order valence-corrected chi connectivity index (χ1v) is 21.7. The molecule has 2 fully saturated rings. The van der Waals surface area contributed by atoms with Gasteiger partial charge in [0.05, 0.1) is 37.6 Å². The smallest absolute Gasteiger partial charge is 0.337 e. The van der Waals surface area contributed by atoms with E-state index in [1.165, 1.54) is 45.3 Å². The van der Waals surface area contributed by atoms with E-state index in [0.717, 1.165) is 11.1 Å². The van der Waals surface area contributed by atoms with Crippen LogP contribution in [-0.4, -0.2) is 113 Å². The van der Waals surface area contributed by atoms with Crippen LogP contribution in [0.4, 0.5) is 0 Å². The SMILES string of the molecule is COc1cc2c(cc1O)CCN(C(=O)c1ccncc1)[C@]21CS[C@@H]2c3c(OC(C)=O)c(C)c4c(c3[C@H](COC1=O)N1[C@@H]2[C@H]2c3c(cc(C)c(OC)c3O)C[C@@H]([C@@H]1C#N)N2C)OCO4. The van der Waals surface area contributed by atoms with Crippen molar-refractivity contribution in [2.75, 3.05) is 47.0 Å². The van der Waals surface area contributed by atoms with E-state index in [1.807, 2.05) is 20.0 Å². The van der Waals surface area contributed by atoms with Crippen LogP contribution in [0.1, 0.15) is 79.1 Å². The zero-order chi connectivity index (χ0) is 44.2. The van der Waals surface area contributed by atoms with Gasteiger partial charge in [-0.3, -0.25) is 24.4 Å². The summed E-state index contributed by atoms with van der Waals surface area (Å²) in [6.45, 7) is 4.65. The monoisotopic (exact) mass is 875 g/mol. The quantitative estimate of drug-likeness (QED) is 0.207. The van der Waals surface area contributed by atoms with Gasteiger partial charge in [0.2, 0.25) is 6.79 Å². The first-order valence-electron chi connectivity index (χ1n) is 20.7. The van der Waals surface area contributed by atoms with Gasteiger partial charge in [-0.1, -0.05) is 6.07 Å². The van der Waals surface area contributed by atoms with E-state index < -0.39 is 52.8 Å². The number of fused-ring (bicyclic) bond motifs is 9. The van der Waals surface area contributed by atoms with E-state index >= 15 is 4.79 Å². The Morgan fingerprint density at radius 1 is 1.00 bits per heavy atom. The molecule has 63 heavy (non-hydrogen) atoms. The molecule has 16 nitrogen and oxygen atoms in total. The second-order valence-corrected chi connectivity index (χ2v) is 17.9. The molecule has 3 aromatic carbocycles. The standard InChI is InChI=1S/C46H45N5O11S/c1-21-13-26-14-28-29(17-47)51-30-18-59-45(56)46(27-16-32(57-5)31(53)15-25(27)9-12-50(46)44(55)24-7-10-48-11-8-24)19-63-43(37(51)36(49(28)4)33(26)38(54)39(21)58-6)35-34(30)42-41(60-20-61-42)22(2)40(35)62-23(3)52/h7-8,10-11,13,15-16,28-30,36-37,43,53-54H,9,12,14,18-20H2,1-6H3/t28-,29-,30-,36+,37+,43+,46+/m0/s1. The van der Waals surface area contributed by atoms with Gasteiger partial charge in [-0.15, -0.1) is 11.8 Å². The highest BCUT2D eigenvalue weighted by atomic mass is 32.2. The number of rotatable bonds is 4. The van der Waals surface area contributed by atoms with Crippen molar-refractivity contribution in [2.24, 2.45) is 0 Å². The Hall–Kier alpha value is -6.22. The highest BCUT2D eigenvalue weighted by Gasteiger charge is 2.63. The molecule has 1 amide bonds. The lowest BCUT2D eigenvalue weighted by atomic mass is 9.71. The summed E-state index contributed by atoms with van der Waals surface area (Å²) < 4.78 is 36.5. The first kappa shape index (κ1) is 40.8. The summed E-state index contributed by atoms with van der Waals surface area (Å²) in [6, 6.07) is 7.73. The van der Waals surface area contributed by atoms with Crippen LogP contribution in [0, 0.1) is 25.2 Å². The Labute approximate surface area is 367 Å². The average Bonchev–Trinajstić information content (AvgIpc) is 3.76.